The lowest BCUT2D eigenvalue weighted by Gasteiger charge is -2.22. The van der Waals surface area contributed by atoms with Crippen LogP contribution in [0, 0.1) is 17.6 Å². The first-order valence-corrected chi connectivity index (χ1v) is 9.13. The Bertz CT molecular complexity index is 595. The van der Waals surface area contributed by atoms with Crippen LogP contribution in [0.4, 0.5) is 8.78 Å². The Morgan fingerprint density at radius 2 is 2.04 bits per heavy atom. The largest absolute Gasteiger partial charge is 0.357 e. The van der Waals surface area contributed by atoms with E-state index in [4.69, 9.17) is 0 Å². The number of halogens is 3. The molecule has 2 atom stereocenters. The van der Waals surface area contributed by atoms with Gasteiger partial charge in [-0.2, -0.15) is 0 Å². The van der Waals surface area contributed by atoms with Crippen LogP contribution in [0.1, 0.15) is 33.3 Å². The van der Waals surface area contributed by atoms with Crippen LogP contribution in [-0.4, -0.2) is 49.1 Å². The molecular weight excluding hydrogens is 449 g/mol. The van der Waals surface area contributed by atoms with E-state index in [0.29, 0.717) is 36.5 Å². The second-order valence-corrected chi connectivity index (χ2v) is 7.02. The van der Waals surface area contributed by atoms with Crippen LogP contribution in [0.15, 0.2) is 23.2 Å². The molecule has 2 rings (SSSR count). The molecule has 0 saturated carbocycles. The molecule has 0 aromatic heterocycles. The van der Waals surface area contributed by atoms with Crippen molar-refractivity contribution in [3.63, 3.8) is 0 Å². The Kier molecular flexibility index (Phi) is 9.78. The molecule has 1 aromatic rings. The SMILES string of the molecule is CCNC(=NCCc1cc(F)ccc1F)NC1CN(C(C)C)CC1C.I. The molecule has 7 heteroatoms. The first-order chi connectivity index (χ1) is 11.9. The zero-order chi connectivity index (χ0) is 18.4. The highest BCUT2D eigenvalue weighted by Crippen LogP contribution is 2.18. The summed E-state index contributed by atoms with van der Waals surface area (Å²) in [5.41, 5.74) is 0.361. The topological polar surface area (TPSA) is 39.7 Å². The summed E-state index contributed by atoms with van der Waals surface area (Å²) in [5, 5.41) is 6.73. The van der Waals surface area contributed by atoms with Gasteiger partial charge in [-0.05, 0) is 56.9 Å². The highest BCUT2D eigenvalue weighted by atomic mass is 127. The summed E-state index contributed by atoms with van der Waals surface area (Å²) in [5.74, 6) is 0.471. The van der Waals surface area contributed by atoms with Crippen molar-refractivity contribution in [2.75, 3.05) is 26.2 Å². The van der Waals surface area contributed by atoms with E-state index < -0.39 is 5.82 Å². The maximum atomic E-state index is 13.7. The standard InChI is InChI=1S/C19H30F2N4.HI/c1-5-22-19(24-18-12-25(13(2)3)11-14(18)4)23-9-8-15-10-16(20)6-7-17(15)21;/h6-7,10,13-14,18H,5,8-9,11-12H2,1-4H3,(H2,22,23,24);1H. The number of benzene rings is 1. The fraction of sp³-hybridized carbons (Fsp3) is 0.632. The Balaban J connectivity index is 0.00000338. The van der Waals surface area contributed by atoms with Crippen molar-refractivity contribution in [1.82, 2.24) is 15.5 Å². The fourth-order valence-corrected chi connectivity index (χ4v) is 3.13. The zero-order valence-electron chi connectivity index (χ0n) is 16.1. The molecule has 0 spiro atoms. The van der Waals surface area contributed by atoms with Crippen LogP contribution in [0.3, 0.4) is 0 Å². The summed E-state index contributed by atoms with van der Waals surface area (Å²) < 4.78 is 26.9. The van der Waals surface area contributed by atoms with Gasteiger partial charge in [-0.15, -0.1) is 24.0 Å². The molecule has 2 N–H and O–H groups in total. The van der Waals surface area contributed by atoms with Gasteiger partial charge < -0.3 is 10.6 Å². The van der Waals surface area contributed by atoms with E-state index in [0.717, 1.165) is 31.7 Å². The highest BCUT2D eigenvalue weighted by Gasteiger charge is 2.31. The van der Waals surface area contributed by atoms with Gasteiger partial charge in [-0.3, -0.25) is 9.89 Å². The second kappa shape index (κ2) is 11.0. The Morgan fingerprint density at radius 3 is 2.65 bits per heavy atom. The van der Waals surface area contributed by atoms with Gasteiger partial charge in [0.2, 0.25) is 0 Å². The van der Waals surface area contributed by atoms with Gasteiger partial charge in [-0.1, -0.05) is 6.92 Å². The first-order valence-electron chi connectivity index (χ1n) is 9.13. The predicted molar refractivity (Wildman–Crippen MR) is 114 cm³/mol. The summed E-state index contributed by atoms with van der Waals surface area (Å²) in [6, 6.07) is 4.41. The molecule has 0 aliphatic carbocycles. The number of hydrogen-bond acceptors (Lipinski definition) is 2. The van der Waals surface area contributed by atoms with Gasteiger partial charge in [-0.25, -0.2) is 8.78 Å². The lowest BCUT2D eigenvalue weighted by atomic mass is 10.1. The molecular formula is C19H31F2IN4. The second-order valence-electron chi connectivity index (χ2n) is 7.02. The van der Waals surface area contributed by atoms with Gasteiger partial charge in [0.1, 0.15) is 11.6 Å². The third-order valence-corrected chi connectivity index (χ3v) is 4.70. The van der Waals surface area contributed by atoms with Gasteiger partial charge in [0.05, 0.1) is 0 Å². The molecule has 1 aromatic carbocycles. The van der Waals surface area contributed by atoms with Gasteiger partial charge in [0.25, 0.3) is 0 Å². The minimum absolute atomic E-state index is 0. The average Bonchev–Trinajstić information content (AvgIpc) is 2.92. The monoisotopic (exact) mass is 480 g/mol. The number of nitrogens with zero attached hydrogens (tertiary/aromatic N) is 2. The molecule has 0 radical (unpaired) electrons. The summed E-state index contributed by atoms with van der Waals surface area (Å²) >= 11 is 0. The van der Waals surface area contributed by atoms with Crippen LogP contribution < -0.4 is 10.6 Å². The van der Waals surface area contributed by atoms with Crippen LogP contribution in [0.5, 0.6) is 0 Å². The summed E-state index contributed by atoms with van der Waals surface area (Å²) in [4.78, 5) is 6.99. The van der Waals surface area contributed by atoms with E-state index in [1.165, 1.54) is 12.1 Å². The average molecular weight is 480 g/mol. The van der Waals surface area contributed by atoms with Crippen molar-refractivity contribution in [1.29, 1.82) is 0 Å². The van der Waals surface area contributed by atoms with Crippen LogP contribution in [0.25, 0.3) is 0 Å². The minimum atomic E-state index is -0.418. The van der Waals surface area contributed by atoms with Gasteiger partial charge in [0, 0.05) is 38.3 Å². The lowest BCUT2D eigenvalue weighted by molar-refractivity contribution is 0.265. The molecule has 0 bridgehead atoms. The quantitative estimate of drug-likeness (QED) is 0.373. The summed E-state index contributed by atoms with van der Waals surface area (Å²) in [6.45, 7) is 11.9. The minimum Gasteiger partial charge on any atom is -0.357 e. The molecule has 1 saturated heterocycles. The number of likely N-dealkylation sites (tertiary alicyclic amines) is 1. The summed E-state index contributed by atoms with van der Waals surface area (Å²) in [7, 11) is 0. The van der Waals surface area contributed by atoms with Crippen molar-refractivity contribution >= 4 is 29.9 Å². The predicted octanol–water partition coefficient (Wildman–Crippen LogP) is 3.41. The third-order valence-electron chi connectivity index (χ3n) is 4.70. The molecule has 1 fully saturated rings. The van der Waals surface area contributed by atoms with Gasteiger partial charge in [0.15, 0.2) is 5.96 Å². The van der Waals surface area contributed by atoms with Crippen LogP contribution >= 0.6 is 24.0 Å². The van der Waals surface area contributed by atoms with E-state index in [1.807, 2.05) is 6.92 Å². The lowest BCUT2D eigenvalue weighted by Crippen LogP contribution is -2.47. The number of rotatable bonds is 6. The molecule has 148 valence electrons. The molecule has 1 aliphatic rings. The van der Waals surface area contributed by atoms with Crippen molar-refractivity contribution in [2.24, 2.45) is 10.9 Å². The molecule has 1 heterocycles. The van der Waals surface area contributed by atoms with E-state index >= 15 is 0 Å². The van der Waals surface area contributed by atoms with Crippen molar-refractivity contribution in [3.8, 4) is 0 Å². The Morgan fingerprint density at radius 1 is 1.31 bits per heavy atom. The Hall–Kier alpha value is -0.960. The molecule has 2 unspecified atom stereocenters. The smallest absolute Gasteiger partial charge is 0.191 e. The number of hydrogen-bond donors (Lipinski definition) is 2. The maximum absolute atomic E-state index is 13.7. The molecule has 4 nitrogen and oxygen atoms in total. The highest BCUT2D eigenvalue weighted by molar-refractivity contribution is 14.0. The first kappa shape index (κ1) is 23.1. The Labute approximate surface area is 172 Å². The zero-order valence-corrected chi connectivity index (χ0v) is 18.4. The van der Waals surface area contributed by atoms with Crippen molar-refractivity contribution in [3.05, 3.63) is 35.4 Å². The molecule has 1 aliphatic heterocycles. The van der Waals surface area contributed by atoms with Crippen molar-refractivity contribution in [2.45, 2.75) is 46.2 Å². The van der Waals surface area contributed by atoms with Crippen LogP contribution in [0.2, 0.25) is 0 Å². The van der Waals surface area contributed by atoms with E-state index in [-0.39, 0.29) is 29.8 Å². The fourth-order valence-electron chi connectivity index (χ4n) is 3.13. The van der Waals surface area contributed by atoms with Gasteiger partial charge >= 0.3 is 0 Å². The third kappa shape index (κ3) is 6.64. The maximum Gasteiger partial charge on any atom is 0.191 e. The normalized spacial score (nSPS) is 21.0. The number of guanidine groups is 1. The summed E-state index contributed by atoms with van der Waals surface area (Å²) in [6.07, 6.45) is 0.374. The number of aliphatic imine (C=N–C) groups is 1. The number of nitrogens with one attached hydrogen (secondary N) is 2. The van der Waals surface area contributed by atoms with Crippen LogP contribution in [-0.2, 0) is 6.42 Å². The van der Waals surface area contributed by atoms with E-state index in [2.05, 4.69) is 41.3 Å². The van der Waals surface area contributed by atoms with E-state index in [9.17, 15) is 8.78 Å². The van der Waals surface area contributed by atoms with E-state index in [1.54, 1.807) is 0 Å². The molecule has 0 amide bonds. The van der Waals surface area contributed by atoms with Crippen molar-refractivity contribution < 1.29 is 8.78 Å². The molecule has 26 heavy (non-hydrogen) atoms.